The first kappa shape index (κ1) is 16.3. The number of carbonyl (C=O) groups is 2. The van der Waals surface area contributed by atoms with Crippen molar-refractivity contribution in [2.45, 2.75) is 38.8 Å². The highest BCUT2D eigenvalue weighted by atomic mass is 16.2. The zero-order valence-electron chi connectivity index (χ0n) is 13.1. The van der Waals surface area contributed by atoms with Crippen LogP contribution in [-0.4, -0.2) is 42.0 Å². The maximum absolute atomic E-state index is 12.5. The van der Waals surface area contributed by atoms with E-state index in [2.05, 4.69) is 10.6 Å². The molecule has 1 heterocycles. The molecule has 1 aliphatic rings. The highest BCUT2D eigenvalue weighted by Gasteiger charge is 2.21. The predicted octanol–water partition coefficient (Wildman–Crippen LogP) is 1.78. The van der Waals surface area contributed by atoms with Crippen LogP contribution in [0.3, 0.4) is 0 Å². The zero-order chi connectivity index (χ0) is 16.1. The highest BCUT2D eigenvalue weighted by Crippen LogP contribution is 2.16. The van der Waals surface area contributed by atoms with Crippen LogP contribution >= 0.6 is 0 Å². The fourth-order valence-corrected chi connectivity index (χ4v) is 2.44. The Kier molecular flexibility index (Phi) is 5.38. The predicted molar refractivity (Wildman–Crippen MR) is 86.8 cm³/mol. The highest BCUT2D eigenvalue weighted by molar-refractivity contribution is 5.97. The number of piperidine rings is 1. The minimum atomic E-state index is -0.274. The standard InChI is InChI=1S/C16H24N4O2/c1-11(2)18-16(22)19-14-5-3-4-12(10-14)15(21)20-8-6-13(17)7-9-20/h3-5,10-11,13H,6-9,17H2,1-2H3,(H2,18,19,22). The van der Waals surface area contributed by atoms with Crippen LogP contribution in [0.2, 0.25) is 0 Å². The molecule has 1 aliphatic heterocycles. The Labute approximate surface area is 131 Å². The third kappa shape index (κ3) is 4.46. The van der Waals surface area contributed by atoms with Crippen molar-refractivity contribution in [1.82, 2.24) is 10.2 Å². The van der Waals surface area contributed by atoms with E-state index in [0.717, 1.165) is 12.8 Å². The number of likely N-dealkylation sites (tertiary alicyclic amines) is 1. The fourth-order valence-electron chi connectivity index (χ4n) is 2.44. The van der Waals surface area contributed by atoms with Crippen molar-refractivity contribution < 1.29 is 9.59 Å². The van der Waals surface area contributed by atoms with Gasteiger partial charge in [-0.05, 0) is 44.9 Å². The Morgan fingerprint density at radius 1 is 1.27 bits per heavy atom. The molecule has 6 nitrogen and oxygen atoms in total. The zero-order valence-corrected chi connectivity index (χ0v) is 13.1. The van der Waals surface area contributed by atoms with E-state index in [-0.39, 0.29) is 24.0 Å². The van der Waals surface area contributed by atoms with Gasteiger partial charge in [0.1, 0.15) is 0 Å². The van der Waals surface area contributed by atoms with E-state index in [9.17, 15) is 9.59 Å². The lowest BCUT2D eigenvalue weighted by atomic mass is 10.0. The molecule has 0 aliphatic carbocycles. The molecular formula is C16H24N4O2. The lowest BCUT2D eigenvalue weighted by molar-refractivity contribution is 0.0714. The first-order valence-corrected chi connectivity index (χ1v) is 7.68. The van der Waals surface area contributed by atoms with Crippen LogP contribution in [0.1, 0.15) is 37.0 Å². The molecule has 0 saturated carbocycles. The maximum atomic E-state index is 12.5. The summed E-state index contributed by atoms with van der Waals surface area (Å²) in [7, 11) is 0. The van der Waals surface area contributed by atoms with E-state index in [1.54, 1.807) is 24.3 Å². The molecule has 6 heteroatoms. The molecule has 0 spiro atoms. The Morgan fingerprint density at radius 2 is 1.95 bits per heavy atom. The molecule has 2 rings (SSSR count). The summed E-state index contributed by atoms with van der Waals surface area (Å²) >= 11 is 0. The molecule has 0 unspecified atom stereocenters. The van der Waals surface area contributed by atoms with Crippen LogP contribution in [-0.2, 0) is 0 Å². The van der Waals surface area contributed by atoms with Gasteiger partial charge in [0.05, 0.1) is 0 Å². The first-order chi connectivity index (χ1) is 10.5. The first-order valence-electron chi connectivity index (χ1n) is 7.68. The number of nitrogens with one attached hydrogen (secondary N) is 2. The number of hydrogen-bond donors (Lipinski definition) is 3. The fraction of sp³-hybridized carbons (Fsp3) is 0.500. The van der Waals surface area contributed by atoms with Gasteiger partial charge in [0.15, 0.2) is 0 Å². The lowest BCUT2D eigenvalue weighted by Gasteiger charge is -2.30. The molecule has 0 aromatic heterocycles. The van der Waals surface area contributed by atoms with E-state index >= 15 is 0 Å². The number of nitrogens with two attached hydrogens (primary N) is 1. The van der Waals surface area contributed by atoms with Crippen molar-refractivity contribution in [3.8, 4) is 0 Å². The van der Waals surface area contributed by atoms with E-state index in [1.807, 2.05) is 18.7 Å². The van der Waals surface area contributed by atoms with Gasteiger partial charge in [0, 0.05) is 36.4 Å². The summed E-state index contributed by atoms with van der Waals surface area (Å²) in [5.74, 6) is -0.0141. The SMILES string of the molecule is CC(C)NC(=O)Nc1cccc(C(=O)N2CCC(N)CC2)c1. The van der Waals surface area contributed by atoms with Crippen LogP contribution in [0.4, 0.5) is 10.5 Å². The Bertz CT molecular complexity index is 537. The second-order valence-electron chi connectivity index (χ2n) is 5.96. The quantitative estimate of drug-likeness (QED) is 0.795. The summed E-state index contributed by atoms with van der Waals surface area (Å²) in [5.41, 5.74) is 7.05. The van der Waals surface area contributed by atoms with Crippen molar-refractivity contribution in [1.29, 1.82) is 0 Å². The van der Waals surface area contributed by atoms with Crippen LogP contribution in [0.5, 0.6) is 0 Å². The second-order valence-corrected chi connectivity index (χ2v) is 5.96. The van der Waals surface area contributed by atoms with Gasteiger partial charge in [-0.1, -0.05) is 6.07 Å². The number of nitrogens with zero attached hydrogens (tertiary/aromatic N) is 1. The van der Waals surface area contributed by atoms with Crippen LogP contribution < -0.4 is 16.4 Å². The van der Waals surface area contributed by atoms with E-state index < -0.39 is 0 Å². The molecule has 1 aromatic carbocycles. The maximum Gasteiger partial charge on any atom is 0.319 e. The van der Waals surface area contributed by atoms with Gasteiger partial charge in [-0.25, -0.2) is 4.79 Å². The van der Waals surface area contributed by atoms with Crippen LogP contribution in [0.15, 0.2) is 24.3 Å². The van der Waals surface area contributed by atoms with Gasteiger partial charge < -0.3 is 21.3 Å². The summed E-state index contributed by atoms with van der Waals surface area (Å²) < 4.78 is 0. The van der Waals surface area contributed by atoms with Crippen molar-refractivity contribution in [3.63, 3.8) is 0 Å². The number of benzene rings is 1. The van der Waals surface area contributed by atoms with Crippen molar-refractivity contribution in [2.75, 3.05) is 18.4 Å². The lowest BCUT2D eigenvalue weighted by Crippen LogP contribution is -2.42. The van der Waals surface area contributed by atoms with Gasteiger partial charge in [-0.2, -0.15) is 0 Å². The summed E-state index contributed by atoms with van der Waals surface area (Å²) in [4.78, 5) is 26.0. The molecule has 22 heavy (non-hydrogen) atoms. The Hall–Kier alpha value is -2.08. The average molecular weight is 304 g/mol. The molecular weight excluding hydrogens is 280 g/mol. The molecule has 3 amide bonds. The molecule has 4 N–H and O–H groups in total. The molecule has 1 aromatic rings. The minimum Gasteiger partial charge on any atom is -0.339 e. The second kappa shape index (κ2) is 7.26. The van der Waals surface area contributed by atoms with Gasteiger partial charge in [-0.15, -0.1) is 0 Å². The van der Waals surface area contributed by atoms with Gasteiger partial charge in [-0.3, -0.25) is 4.79 Å². The van der Waals surface area contributed by atoms with E-state index in [4.69, 9.17) is 5.73 Å². The third-order valence-corrected chi connectivity index (χ3v) is 3.61. The molecule has 1 fully saturated rings. The Morgan fingerprint density at radius 3 is 2.59 bits per heavy atom. The molecule has 0 bridgehead atoms. The molecule has 1 saturated heterocycles. The van der Waals surface area contributed by atoms with Crippen molar-refractivity contribution in [2.24, 2.45) is 5.73 Å². The number of hydrogen-bond acceptors (Lipinski definition) is 3. The molecule has 0 atom stereocenters. The van der Waals surface area contributed by atoms with Crippen LogP contribution in [0, 0.1) is 0 Å². The smallest absolute Gasteiger partial charge is 0.319 e. The monoisotopic (exact) mass is 304 g/mol. The third-order valence-electron chi connectivity index (χ3n) is 3.61. The normalized spacial score (nSPS) is 15.7. The number of urea groups is 1. The van der Waals surface area contributed by atoms with Crippen molar-refractivity contribution >= 4 is 17.6 Å². The largest absolute Gasteiger partial charge is 0.339 e. The summed E-state index contributed by atoms with van der Waals surface area (Å²) in [5, 5.41) is 5.49. The van der Waals surface area contributed by atoms with Gasteiger partial charge in [0.25, 0.3) is 5.91 Å². The van der Waals surface area contributed by atoms with Gasteiger partial charge in [0.2, 0.25) is 0 Å². The summed E-state index contributed by atoms with van der Waals surface area (Å²) in [6.07, 6.45) is 1.67. The minimum absolute atomic E-state index is 0.0141. The summed E-state index contributed by atoms with van der Waals surface area (Å²) in [6, 6.07) is 6.98. The van der Waals surface area contributed by atoms with E-state index in [0.29, 0.717) is 24.3 Å². The number of anilines is 1. The van der Waals surface area contributed by atoms with E-state index in [1.165, 1.54) is 0 Å². The Balaban J connectivity index is 2.01. The number of carbonyl (C=O) groups excluding carboxylic acids is 2. The van der Waals surface area contributed by atoms with Crippen LogP contribution in [0.25, 0.3) is 0 Å². The molecule has 0 radical (unpaired) electrons. The average Bonchev–Trinajstić information content (AvgIpc) is 2.46. The topological polar surface area (TPSA) is 87.5 Å². The van der Waals surface area contributed by atoms with Gasteiger partial charge >= 0.3 is 6.03 Å². The number of amides is 3. The number of rotatable bonds is 3. The van der Waals surface area contributed by atoms with Crippen molar-refractivity contribution in [3.05, 3.63) is 29.8 Å². The summed E-state index contributed by atoms with van der Waals surface area (Å²) in [6.45, 7) is 5.15. The molecule has 120 valence electrons.